The molecule has 0 aliphatic heterocycles. The molecule has 3 aromatic carbocycles. The van der Waals surface area contributed by atoms with Gasteiger partial charge in [0.15, 0.2) is 0 Å². The number of hydrogen-bond acceptors (Lipinski definition) is 5. The van der Waals surface area contributed by atoms with E-state index >= 15 is 0 Å². The number of fused-ring (bicyclic) bond motifs is 2. The molecule has 47 heavy (non-hydrogen) atoms. The van der Waals surface area contributed by atoms with Crippen molar-refractivity contribution < 1.29 is 23.1 Å². The second kappa shape index (κ2) is 15.0. The van der Waals surface area contributed by atoms with E-state index < -0.39 is 12.1 Å². The predicted octanol–water partition coefficient (Wildman–Crippen LogP) is 5.15. The molecule has 5 aromatic rings. The molecular weight excluding hydrogens is 609 g/mol. The summed E-state index contributed by atoms with van der Waals surface area (Å²) in [5, 5.41) is 9.40. The fourth-order valence-electron chi connectivity index (χ4n) is 4.64. The van der Waals surface area contributed by atoms with Crippen molar-refractivity contribution in [1.29, 1.82) is 0 Å². The van der Waals surface area contributed by atoms with Gasteiger partial charge in [0.2, 0.25) is 0 Å². The maximum Gasteiger partial charge on any atom is 0.490 e. The molecule has 0 saturated heterocycles. The van der Waals surface area contributed by atoms with Gasteiger partial charge in [0.1, 0.15) is 11.7 Å². The average Bonchev–Trinajstić information content (AvgIpc) is 3.64. The zero-order valence-corrected chi connectivity index (χ0v) is 26.7. The van der Waals surface area contributed by atoms with Gasteiger partial charge < -0.3 is 36.3 Å². The largest absolute Gasteiger partial charge is 0.490 e. The molecule has 0 saturated carbocycles. The van der Waals surface area contributed by atoms with Crippen molar-refractivity contribution in [3.8, 4) is 22.5 Å². The van der Waals surface area contributed by atoms with Crippen LogP contribution in [0.15, 0.2) is 82.8 Å². The smallest absolute Gasteiger partial charge is 0.475 e. The number of likely N-dealkylation sites (N-methyl/N-ethyl adjacent to an activating group) is 2. The fraction of sp³-hybridized carbons (Fsp3) is 0.265. The number of nitrogens with one attached hydrogen (secondary N) is 2. The van der Waals surface area contributed by atoms with Crippen LogP contribution in [0.25, 0.3) is 44.3 Å². The number of rotatable bonds is 10. The molecule has 13 heteroatoms. The molecule has 248 valence electrons. The van der Waals surface area contributed by atoms with Crippen LogP contribution in [0.1, 0.15) is 11.1 Å². The highest BCUT2D eigenvalue weighted by Crippen LogP contribution is 2.29. The molecule has 0 atom stereocenters. The number of carboxylic acid groups (broad SMARTS) is 1. The lowest BCUT2D eigenvalue weighted by molar-refractivity contribution is -0.192. The summed E-state index contributed by atoms with van der Waals surface area (Å²) in [6.07, 6.45) is -5.08. The van der Waals surface area contributed by atoms with Crippen molar-refractivity contribution in [2.24, 2.45) is 21.5 Å². The Hall–Kier alpha value is -5.14. The van der Waals surface area contributed by atoms with Gasteiger partial charge in [0.05, 0.1) is 13.1 Å². The normalized spacial score (nSPS) is 12.6. The Labute approximate surface area is 270 Å². The summed E-state index contributed by atoms with van der Waals surface area (Å²) >= 11 is 0. The number of alkyl halides is 3. The number of nitrogens with zero attached hydrogens (tertiary/aromatic N) is 4. The van der Waals surface area contributed by atoms with Crippen molar-refractivity contribution in [2.75, 3.05) is 54.4 Å². The number of aliphatic carboxylic acids is 1. The Balaban J connectivity index is 0.000000644. The first-order valence-corrected chi connectivity index (χ1v) is 14.8. The van der Waals surface area contributed by atoms with E-state index in [2.05, 4.69) is 90.4 Å². The number of halogens is 3. The van der Waals surface area contributed by atoms with Crippen molar-refractivity contribution in [2.45, 2.75) is 6.18 Å². The van der Waals surface area contributed by atoms with Crippen molar-refractivity contribution in [1.82, 2.24) is 19.8 Å². The third-order valence-corrected chi connectivity index (χ3v) is 7.24. The predicted molar refractivity (Wildman–Crippen MR) is 183 cm³/mol. The molecule has 0 fully saturated rings. The highest BCUT2D eigenvalue weighted by atomic mass is 19.4. The van der Waals surface area contributed by atoms with E-state index in [1.165, 1.54) is 0 Å². The minimum Gasteiger partial charge on any atom is -0.475 e. The standard InChI is InChI=1S/C32H38N8.C2HF3O2/c1-39(2)15-13-35-31(33)25-11-9-23-17-27(37-29(23)19-25)21-5-7-22(8-6-21)28-18-24-10-12-26(20-30(24)38-28)32(34)36-14-16-40(3)4;3-2(4,5)1(6)7/h5-12,17-20,37-38H,13-16H2,1-4H3,(H2,33,35)(H2,34,36);(H,6,7). The van der Waals surface area contributed by atoms with Crippen LogP contribution in [-0.2, 0) is 4.79 Å². The summed E-state index contributed by atoms with van der Waals surface area (Å²) in [6, 6.07) is 25.3. The Bertz CT molecular complexity index is 1760. The van der Waals surface area contributed by atoms with Crippen LogP contribution in [0.4, 0.5) is 13.2 Å². The van der Waals surface area contributed by atoms with Gasteiger partial charge in [-0.1, -0.05) is 48.5 Å². The fourth-order valence-corrected chi connectivity index (χ4v) is 4.64. The summed E-state index contributed by atoms with van der Waals surface area (Å²) in [7, 11) is 8.12. The zero-order valence-electron chi connectivity index (χ0n) is 26.7. The molecule has 0 unspecified atom stereocenters. The summed E-state index contributed by atoms with van der Waals surface area (Å²) < 4.78 is 31.7. The van der Waals surface area contributed by atoms with Crippen LogP contribution in [-0.4, -0.2) is 103 Å². The molecule has 0 spiro atoms. The number of hydrogen-bond donors (Lipinski definition) is 5. The van der Waals surface area contributed by atoms with E-state index in [1.54, 1.807) is 0 Å². The molecule has 0 radical (unpaired) electrons. The van der Waals surface area contributed by atoms with Crippen molar-refractivity contribution >= 4 is 39.4 Å². The first kappa shape index (κ1) is 34.7. The van der Waals surface area contributed by atoms with Gasteiger partial charge in [0.25, 0.3) is 0 Å². The first-order valence-electron chi connectivity index (χ1n) is 14.8. The van der Waals surface area contributed by atoms with Crippen molar-refractivity contribution in [3.05, 3.63) is 83.9 Å². The second-order valence-corrected chi connectivity index (χ2v) is 11.5. The Morgan fingerprint density at radius 1 is 0.702 bits per heavy atom. The lowest BCUT2D eigenvalue weighted by Gasteiger charge is -2.07. The maximum absolute atomic E-state index is 10.6. The Kier molecular flexibility index (Phi) is 11.1. The zero-order chi connectivity index (χ0) is 34.3. The Morgan fingerprint density at radius 2 is 1.06 bits per heavy atom. The van der Waals surface area contributed by atoms with Crippen LogP contribution >= 0.6 is 0 Å². The van der Waals surface area contributed by atoms with Crippen molar-refractivity contribution in [3.63, 3.8) is 0 Å². The minimum atomic E-state index is -5.08. The molecule has 0 aliphatic carbocycles. The third-order valence-electron chi connectivity index (χ3n) is 7.24. The number of carbonyl (C=O) groups is 1. The molecule has 7 N–H and O–H groups in total. The summed E-state index contributed by atoms with van der Waals surface area (Å²) in [4.78, 5) is 29.2. The molecule has 0 aliphatic rings. The highest BCUT2D eigenvalue weighted by Gasteiger charge is 2.38. The van der Waals surface area contributed by atoms with Crippen LogP contribution in [0.3, 0.4) is 0 Å². The number of H-pyrrole nitrogens is 2. The van der Waals surface area contributed by atoms with Crippen LogP contribution in [0.5, 0.6) is 0 Å². The number of aromatic amines is 2. The lowest BCUT2D eigenvalue weighted by atomic mass is 10.1. The quantitative estimate of drug-likeness (QED) is 0.104. The van der Waals surface area contributed by atoms with Gasteiger partial charge in [-0.3, -0.25) is 9.98 Å². The first-order chi connectivity index (χ1) is 22.2. The van der Waals surface area contributed by atoms with Crippen LogP contribution in [0, 0.1) is 0 Å². The van der Waals surface area contributed by atoms with E-state index in [-0.39, 0.29) is 0 Å². The monoisotopic (exact) mass is 648 g/mol. The van der Waals surface area contributed by atoms with E-state index in [4.69, 9.17) is 21.4 Å². The summed E-state index contributed by atoms with van der Waals surface area (Å²) in [5.41, 5.74) is 20.8. The number of aliphatic imine (C=N–C) groups is 2. The number of benzene rings is 3. The molecule has 0 amide bonds. The molecule has 2 aromatic heterocycles. The van der Waals surface area contributed by atoms with Gasteiger partial charge in [-0.15, -0.1) is 0 Å². The Morgan fingerprint density at radius 3 is 1.38 bits per heavy atom. The van der Waals surface area contributed by atoms with E-state index in [1.807, 2.05) is 40.3 Å². The van der Waals surface area contributed by atoms with Gasteiger partial charge in [-0.25, -0.2) is 4.79 Å². The summed E-state index contributed by atoms with van der Waals surface area (Å²) in [6.45, 7) is 3.09. The average molecular weight is 649 g/mol. The third kappa shape index (κ3) is 9.44. The molecule has 5 rings (SSSR count). The second-order valence-electron chi connectivity index (χ2n) is 11.5. The summed E-state index contributed by atoms with van der Waals surface area (Å²) in [5.74, 6) is -1.63. The van der Waals surface area contributed by atoms with E-state index in [0.717, 1.165) is 68.5 Å². The molecular formula is C34H39F3N8O2. The van der Waals surface area contributed by atoms with Crippen LogP contribution < -0.4 is 11.5 Å². The SMILES string of the molecule is CN(C)CCN=C(N)c1ccc2cc(-c3ccc(-c4cc5ccc(C(N)=NCCN(C)C)cc5[nH]4)cc3)[nH]c2c1.O=C(O)C(F)(F)F. The number of aromatic nitrogens is 2. The van der Waals surface area contributed by atoms with Crippen LogP contribution in [0.2, 0.25) is 0 Å². The molecule has 2 heterocycles. The van der Waals surface area contributed by atoms with Gasteiger partial charge >= 0.3 is 12.1 Å². The number of nitrogens with two attached hydrogens (primary N) is 2. The van der Waals surface area contributed by atoms with Gasteiger partial charge in [-0.2, -0.15) is 13.2 Å². The van der Waals surface area contributed by atoms with Gasteiger partial charge in [0, 0.05) is 57.4 Å². The van der Waals surface area contributed by atoms with Gasteiger partial charge in [-0.05, 0) is 63.6 Å². The number of carboxylic acids is 1. The lowest BCUT2D eigenvalue weighted by Crippen LogP contribution is -2.21. The minimum absolute atomic E-state index is 0.564. The molecule has 0 bridgehead atoms. The van der Waals surface area contributed by atoms with E-state index in [9.17, 15) is 13.2 Å². The molecule has 10 nitrogen and oxygen atoms in total. The highest BCUT2D eigenvalue weighted by molar-refractivity contribution is 6.02. The topological polar surface area (TPSA) is 152 Å². The van der Waals surface area contributed by atoms with E-state index in [0.29, 0.717) is 24.8 Å². The number of amidine groups is 2. The maximum atomic E-state index is 10.6.